The lowest BCUT2D eigenvalue weighted by molar-refractivity contribution is -0.137. The Bertz CT molecular complexity index is 819. The summed E-state index contributed by atoms with van der Waals surface area (Å²) in [4.78, 5) is 25.2. The number of carbonyl (C=O) groups is 2. The van der Waals surface area contributed by atoms with Gasteiger partial charge in [-0.3, -0.25) is 4.48 Å². The Labute approximate surface area is 203 Å². The summed E-state index contributed by atoms with van der Waals surface area (Å²) in [6.07, 6.45) is 3.58. The number of esters is 2. The Balaban J connectivity index is 0.00000480. The predicted molar refractivity (Wildman–Crippen MR) is 120 cm³/mol. The second kappa shape index (κ2) is 11.7. The van der Waals surface area contributed by atoms with Gasteiger partial charge in [0.05, 0.1) is 51.9 Å². The van der Waals surface area contributed by atoms with Gasteiger partial charge < -0.3 is 38.8 Å². The Morgan fingerprint density at radius 2 is 1.42 bits per heavy atom. The first-order valence-electron chi connectivity index (χ1n) is 10.5. The molecule has 0 fully saturated rings. The van der Waals surface area contributed by atoms with Crippen molar-refractivity contribution < 1.29 is 43.0 Å². The second-order valence-electron chi connectivity index (χ2n) is 8.33. The van der Waals surface area contributed by atoms with E-state index < -0.39 is 17.9 Å². The Morgan fingerprint density at radius 3 is 1.84 bits per heavy atom. The predicted octanol–water partition coefficient (Wildman–Crippen LogP) is 1.03. The number of hydrogen-bond donors (Lipinski definition) is 1. The molecule has 0 aromatic heterocycles. The maximum Gasteiger partial charge on any atom is 0.336 e. The first kappa shape index (κ1) is 27.2. The zero-order chi connectivity index (χ0) is 22.5. The van der Waals surface area contributed by atoms with Gasteiger partial charge in [-0.1, -0.05) is 25.5 Å². The quantitative estimate of drug-likeness (QED) is 0.230. The van der Waals surface area contributed by atoms with E-state index in [1.807, 2.05) is 26.0 Å². The second-order valence-corrected chi connectivity index (χ2v) is 8.33. The largest absolute Gasteiger partial charge is 1.00 e. The van der Waals surface area contributed by atoms with Crippen molar-refractivity contribution in [2.75, 3.05) is 34.9 Å². The number of allylic oxidation sites excluding steroid dienone is 2. The van der Waals surface area contributed by atoms with Crippen molar-refractivity contribution in [2.24, 2.45) is 0 Å². The van der Waals surface area contributed by atoms with Crippen molar-refractivity contribution >= 4 is 17.6 Å². The summed E-state index contributed by atoms with van der Waals surface area (Å²) in [5.74, 6) is -1.46. The number of carbonyl (C=O) groups excluding carboxylic acids is 2. The van der Waals surface area contributed by atoms with Crippen LogP contribution in [0.1, 0.15) is 51.5 Å². The van der Waals surface area contributed by atoms with Crippen LogP contribution in [-0.2, 0) is 19.1 Å². The number of hydrogen-bond acceptors (Lipinski definition) is 5. The summed E-state index contributed by atoms with van der Waals surface area (Å²) in [6, 6.07) is 8.16. The highest BCUT2D eigenvalue weighted by molar-refractivity contribution is 5.99. The highest BCUT2D eigenvalue weighted by Gasteiger charge is 2.37. The Hall–Kier alpha value is -1.87. The van der Waals surface area contributed by atoms with Crippen molar-refractivity contribution in [3.63, 3.8) is 0 Å². The zero-order valence-electron chi connectivity index (χ0n) is 19.7. The summed E-state index contributed by atoms with van der Waals surface area (Å²) in [6.45, 7) is 6.90. The van der Waals surface area contributed by atoms with Gasteiger partial charge in [-0.15, -0.1) is 0 Å². The molecule has 0 bridgehead atoms. The topological polar surface area (TPSA) is 64.6 Å². The highest BCUT2D eigenvalue weighted by Crippen LogP contribution is 2.39. The van der Waals surface area contributed by atoms with Crippen molar-refractivity contribution in [3.8, 4) is 0 Å². The molecular weight excluding hydrogens is 507 g/mol. The van der Waals surface area contributed by atoms with Crippen LogP contribution in [-0.4, -0.2) is 46.8 Å². The smallest absolute Gasteiger partial charge is 0.336 e. The standard InChI is InChI=1S/C24H34N2O4.HI/c1-8-9-10-15-26(4,5)19-13-11-18(12-14-19)22-20(23(27)29-6)16(2)25-17(3)21(22)24(28)30-7;/h11-14,22H,8-10,15H2,1-7H3;1H. The molecule has 0 spiro atoms. The van der Waals surface area contributed by atoms with Gasteiger partial charge >= 0.3 is 11.9 Å². The van der Waals surface area contributed by atoms with Crippen molar-refractivity contribution in [2.45, 2.75) is 46.0 Å². The van der Waals surface area contributed by atoms with Crippen molar-refractivity contribution in [1.82, 2.24) is 9.80 Å². The number of nitrogens with one attached hydrogen (secondary N) is 1. The number of rotatable bonds is 8. The number of quaternary nitrogens is 1. The fourth-order valence-electron chi connectivity index (χ4n) is 4.04. The van der Waals surface area contributed by atoms with Gasteiger partial charge in [0.25, 0.3) is 0 Å². The monoisotopic (exact) mass is 542 g/mol. The average Bonchev–Trinajstić information content (AvgIpc) is 2.72. The highest BCUT2D eigenvalue weighted by atomic mass is 127. The minimum absolute atomic E-state index is 0. The summed E-state index contributed by atoms with van der Waals surface area (Å²) in [5.41, 5.74) is 4.24. The molecule has 172 valence electrons. The molecule has 2 rings (SSSR count). The van der Waals surface area contributed by atoms with Crippen LogP contribution in [0.15, 0.2) is 46.8 Å². The first-order chi connectivity index (χ1) is 14.2. The Kier molecular flexibility index (Phi) is 10.2. The minimum Gasteiger partial charge on any atom is -1.00 e. The lowest BCUT2D eigenvalue weighted by Crippen LogP contribution is -3.00. The molecule has 1 N–H and O–H groups in total. The fourth-order valence-corrected chi connectivity index (χ4v) is 4.04. The van der Waals surface area contributed by atoms with Gasteiger partial charge in [0.1, 0.15) is 5.69 Å². The number of ether oxygens (including phenoxy) is 2. The van der Waals surface area contributed by atoms with E-state index in [2.05, 4.69) is 38.5 Å². The molecule has 6 nitrogen and oxygen atoms in total. The average molecular weight is 542 g/mol. The molecule has 1 aromatic rings. The van der Waals surface area contributed by atoms with Crippen LogP contribution in [0.4, 0.5) is 5.69 Å². The first-order valence-corrected chi connectivity index (χ1v) is 10.5. The number of methoxy groups -OCH3 is 2. The molecule has 0 atom stereocenters. The van der Waals surface area contributed by atoms with Crippen molar-refractivity contribution in [1.29, 1.82) is 0 Å². The third-order valence-corrected chi connectivity index (χ3v) is 5.82. The van der Waals surface area contributed by atoms with Gasteiger partial charge in [0.15, 0.2) is 0 Å². The van der Waals surface area contributed by atoms with E-state index in [0.29, 0.717) is 22.5 Å². The maximum atomic E-state index is 12.6. The summed E-state index contributed by atoms with van der Waals surface area (Å²) in [5, 5.41) is 3.13. The normalized spacial score (nSPS) is 14.7. The lowest BCUT2D eigenvalue weighted by Gasteiger charge is -2.31. The molecule has 0 aliphatic carbocycles. The molecular formula is C24H35IN2O4. The van der Waals surface area contributed by atoms with E-state index in [1.54, 1.807) is 0 Å². The lowest BCUT2D eigenvalue weighted by atomic mass is 9.80. The molecule has 0 amide bonds. The van der Waals surface area contributed by atoms with Crippen LogP contribution in [0.5, 0.6) is 0 Å². The minimum atomic E-state index is -0.545. The van der Waals surface area contributed by atoms with Gasteiger partial charge in [-0.25, -0.2) is 9.59 Å². The molecule has 0 unspecified atom stereocenters. The van der Waals surface area contributed by atoms with Gasteiger partial charge in [0.2, 0.25) is 0 Å². The SMILES string of the molecule is CCCCC[N+](C)(C)c1ccc(C2C(C(=O)OC)=C(C)NC(C)=C2C(=O)OC)cc1.[I-]. The van der Waals surface area contributed by atoms with Crippen LogP contribution in [0.2, 0.25) is 0 Å². The summed E-state index contributed by atoms with van der Waals surface area (Å²) in [7, 11) is 7.09. The van der Waals surface area contributed by atoms with E-state index in [4.69, 9.17) is 9.47 Å². The van der Waals surface area contributed by atoms with E-state index in [0.717, 1.165) is 16.6 Å². The van der Waals surface area contributed by atoms with E-state index in [-0.39, 0.29) is 24.0 Å². The van der Waals surface area contributed by atoms with Crippen LogP contribution >= 0.6 is 0 Å². The number of halogens is 1. The molecule has 0 saturated carbocycles. The van der Waals surface area contributed by atoms with Crippen LogP contribution in [0.25, 0.3) is 0 Å². The molecule has 1 aliphatic heterocycles. The molecule has 31 heavy (non-hydrogen) atoms. The van der Waals surface area contributed by atoms with Gasteiger partial charge in [-0.05, 0) is 44.4 Å². The molecule has 0 saturated heterocycles. The van der Waals surface area contributed by atoms with Gasteiger partial charge in [0, 0.05) is 11.4 Å². The third kappa shape index (κ3) is 6.10. The molecule has 0 radical (unpaired) electrons. The van der Waals surface area contributed by atoms with Gasteiger partial charge in [-0.2, -0.15) is 0 Å². The Morgan fingerprint density at radius 1 is 0.935 bits per heavy atom. The third-order valence-electron chi connectivity index (χ3n) is 5.82. The molecule has 7 heteroatoms. The number of unbranched alkanes of at least 4 members (excludes halogenated alkanes) is 2. The number of nitrogens with zero attached hydrogens (tertiary/aromatic N) is 1. The van der Waals surface area contributed by atoms with Crippen LogP contribution in [0.3, 0.4) is 0 Å². The summed E-state index contributed by atoms with van der Waals surface area (Å²) >= 11 is 0. The van der Waals surface area contributed by atoms with E-state index in [9.17, 15) is 9.59 Å². The number of dihydropyridines is 1. The van der Waals surface area contributed by atoms with Crippen LogP contribution < -0.4 is 33.8 Å². The molecule has 1 aromatic carbocycles. The number of benzene rings is 1. The van der Waals surface area contributed by atoms with Crippen LogP contribution in [0, 0.1) is 0 Å². The maximum absolute atomic E-state index is 12.6. The molecule has 1 aliphatic rings. The molecule has 1 heterocycles. The van der Waals surface area contributed by atoms with Crippen molar-refractivity contribution in [3.05, 3.63) is 52.4 Å². The zero-order valence-corrected chi connectivity index (χ0v) is 21.8. The fraction of sp³-hybridized carbons (Fsp3) is 0.500. The summed E-state index contributed by atoms with van der Waals surface area (Å²) < 4.78 is 10.8. The van der Waals surface area contributed by atoms with E-state index in [1.165, 1.54) is 39.2 Å². The van der Waals surface area contributed by atoms with E-state index >= 15 is 0 Å².